The summed E-state index contributed by atoms with van der Waals surface area (Å²) in [5.41, 5.74) is 0. The molecule has 0 aliphatic rings. The fourth-order valence-electron chi connectivity index (χ4n) is 0.136. The first-order valence-electron chi connectivity index (χ1n) is 2.44. The lowest BCUT2D eigenvalue weighted by Gasteiger charge is -1.45. The number of rotatable bonds is 0. The molecule has 0 bridgehead atoms. The fraction of sp³-hybridized carbons (Fsp3) is 0.333. The topological polar surface area (TPSA) is 38.9 Å². The Morgan fingerprint density at radius 1 is 1.33 bits per heavy atom. The molecule has 0 aliphatic carbocycles. The number of aromatic nitrogens is 2. The van der Waals surface area contributed by atoms with Gasteiger partial charge in [0, 0.05) is 0 Å². The maximum absolute atomic E-state index is 4.22. The summed E-state index contributed by atoms with van der Waals surface area (Å²) in [6.45, 7) is 3.64. The van der Waals surface area contributed by atoms with Crippen LogP contribution in [0.4, 0.5) is 0 Å². The molecule has 48 valence electrons. The van der Waals surface area contributed by atoms with E-state index >= 15 is 0 Å². The molecule has 0 saturated carbocycles. The van der Waals surface area contributed by atoms with Crippen LogP contribution in [0.1, 0.15) is 13.8 Å². The van der Waals surface area contributed by atoms with Crippen LogP contribution in [0.3, 0.4) is 0 Å². The summed E-state index contributed by atoms with van der Waals surface area (Å²) in [6, 6.07) is 0. The Morgan fingerprint density at radius 2 is 2.00 bits per heavy atom. The molecule has 1 rings (SSSR count). The number of hydrogen-bond acceptors (Lipinski definition) is 3. The van der Waals surface area contributed by atoms with Gasteiger partial charge in [-0.3, -0.25) is 0 Å². The van der Waals surface area contributed by atoms with Crippen molar-refractivity contribution >= 4 is 0 Å². The van der Waals surface area contributed by atoms with Gasteiger partial charge in [-0.1, -0.05) is 5.16 Å². The monoisotopic (exact) mass is 124 g/mol. The highest BCUT2D eigenvalue weighted by molar-refractivity contribution is 4.89. The second-order valence-corrected chi connectivity index (χ2v) is 1.08. The standard InChI is InChI=1S/C4H6.C2H2N2O/c1-3-4-2;1-3-2-5-4-1/h1-2H3;1-2H. The summed E-state index contributed by atoms with van der Waals surface area (Å²) in [6.07, 6.45) is 2.60. The smallest absolute Gasteiger partial charge is 0.213 e. The molecule has 1 aromatic heterocycles. The average molecular weight is 124 g/mol. The summed E-state index contributed by atoms with van der Waals surface area (Å²) >= 11 is 0. The maximum atomic E-state index is 4.22. The van der Waals surface area contributed by atoms with Crippen LogP contribution in [0.2, 0.25) is 0 Å². The van der Waals surface area contributed by atoms with Crippen molar-refractivity contribution in [2.75, 3.05) is 0 Å². The van der Waals surface area contributed by atoms with Gasteiger partial charge in [-0.15, -0.1) is 11.8 Å². The highest BCUT2D eigenvalue weighted by Crippen LogP contribution is 1.62. The summed E-state index contributed by atoms with van der Waals surface area (Å²) in [5, 5.41) is 3.24. The van der Waals surface area contributed by atoms with Crippen molar-refractivity contribution in [1.82, 2.24) is 10.1 Å². The van der Waals surface area contributed by atoms with Gasteiger partial charge in [-0.25, -0.2) is 4.98 Å². The van der Waals surface area contributed by atoms with E-state index in [2.05, 4.69) is 26.5 Å². The zero-order chi connectivity index (χ0) is 6.95. The molecule has 0 N–H and O–H groups in total. The van der Waals surface area contributed by atoms with E-state index in [1.165, 1.54) is 12.7 Å². The van der Waals surface area contributed by atoms with Crippen molar-refractivity contribution in [3.8, 4) is 11.8 Å². The molecule has 1 heterocycles. The van der Waals surface area contributed by atoms with Crippen LogP contribution < -0.4 is 0 Å². The molecule has 0 aromatic carbocycles. The van der Waals surface area contributed by atoms with E-state index in [-0.39, 0.29) is 0 Å². The second kappa shape index (κ2) is 6.70. The number of hydrogen-bond donors (Lipinski definition) is 0. The van der Waals surface area contributed by atoms with E-state index in [0.717, 1.165) is 0 Å². The van der Waals surface area contributed by atoms with Crippen molar-refractivity contribution in [2.45, 2.75) is 13.8 Å². The minimum atomic E-state index is 1.26. The normalized spacial score (nSPS) is 6.00. The third-order valence-electron chi connectivity index (χ3n) is 0.533. The Bertz CT molecular complexity index is 147. The lowest BCUT2D eigenvalue weighted by molar-refractivity contribution is 0.416. The zero-order valence-corrected chi connectivity index (χ0v) is 5.46. The van der Waals surface area contributed by atoms with Crippen LogP contribution >= 0.6 is 0 Å². The molecule has 0 atom stereocenters. The zero-order valence-electron chi connectivity index (χ0n) is 5.46. The lowest BCUT2D eigenvalue weighted by atomic mass is 10.7. The Morgan fingerprint density at radius 3 is 2.11 bits per heavy atom. The Hall–Kier alpha value is -1.30. The third kappa shape index (κ3) is 6.70. The molecular formula is C6H8N2O. The minimum Gasteiger partial charge on any atom is -0.343 e. The Balaban J connectivity index is 0.000000148. The second-order valence-electron chi connectivity index (χ2n) is 1.08. The summed E-state index contributed by atoms with van der Waals surface area (Å²) in [5.74, 6) is 5.36. The molecule has 3 heteroatoms. The van der Waals surface area contributed by atoms with Gasteiger partial charge in [-0.05, 0) is 13.8 Å². The van der Waals surface area contributed by atoms with Crippen molar-refractivity contribution in [1.29, 1.82) is 0 Å². The molecule has 1 aromatic rings. The van der Waals surface area contributed by atoms with Crippen molar-refractivity contribution in [3.05, 3.63) is 12.7 Å². The van der Waals surface area contributed by atoms with E-state index in [9.17, 15) is 0 Å². The maximum Gasteiger partial charge on any atom is 0.213 e. The van der Waals surface area contributed by atoms with Gasteiger partial charge in [0.2, 0.25) is 6.39 Å². The highest BCUT2D eigenvalue weighted by Gasteiger charge is 1.60. The van der Waals surface area contributed by atoms with E-state index in [1.807, 2.05) is 13.8 Å². The van der Waals surface area contributed by atoms with Crippen molar-refractivity contribution in [2.24, 2.45) is 0 Å². The van der Waals surface area contributed by atoms with E-state index in [0.29, 0.717) is 0 Å². The van der Waals surface area contributed by atoms with Crippen LogP contribution in [-0.4, -0.2) is 10.1 Å². The molecule has 0 saturated heterocycles. The van der Waals surface area contributed by atoms with Gasteiger partial charge in [0.1, 0.15) is 0 Å². The molecular weight excluding hydrogens is 116 g/mol. The summed E-state index contributed by atoms with van der Waals surface area (Å²) in [4.78, 5) is 3.44. The molecule has 3 nitrogen and oxygen atoms in total. The summed E-state index contributed by atoms with van der Waals surface area (Å²) in [7, 11) is 0. The summed E-state index contributed by atoms with van der Waals surface area (Å²) < 4.78 is 4.22. The Kier molecular flexibility index (Phi) is 5.73. The molecule has 0 spiro atoms. The third-order valence-corrected chi connectivity index (χ3v) is 0.533. The van der Waals surface area contributed by atoms with Gasteiger partial charge in [0.05, 0.1) is 0 Å². The van der Waals surface area contributed by atoms with E-state index < -0.39 is 0 Å². The van der Waals surface area contributed by atoms with Gasteiger partial charge in [-0.2, -0.15) is 0 Å². The quantitative estimate of drug-likeness (QED) is 0.486. The predicted molar refractivity (Wildman–Crippen MR) is 33.4 cm³/mol. The average Bonchev–Trinajstić information content (AvgIpc) is 2.43. The molecule has 0 unspecified atom stereocenters. The van der Waals surface area contributed by atoms with E-state index in [1.54, 1.807) is 0 Å². The minimum absolute atomic E-state index is 1.26. The first-order valence-corrected chi connectivity index (χ1v) is 2.44. The molecule has 0 aliphatic heterocycles. The fourth-order valence-corrected chi connectivity index (χ4v) is 0.136. The van der Waals surface area contributed by atoms with Gasteiger partial charge < -0.3 is 4.52 Å². The predicted octanol–water partition coefficient (Wildman–Crippen LogP) is 1.10. The van der Waals surface area contributed by atoms with Gasteiger partial charge in [0.25, 0.3) is 0 Å². The van der Waals surface area contributed by atoms with E-state index in [4.69, 9.17) is 0 Å². The van der Waals surface area contributed by atoms with Crippen LogP contribution in [-0.2, 0) is 0 Å². The molecule has 9 heavy (non-hydrogen) atoms. The number of nitrogens with zero attached hydrogens (tertiary/aromatic N) is 2. The lowest BCUT2D eigenvalue weighted by Crippen LogP contribution is -1.44. The SMILES string of the molecule is CC#CC.c1ncon1. The molecule has 0 fully saturated rings. The van der Waals surface area contributed by atoms with Crippen LogP contribution in [0.5, 0.6) is 0 Å². The largest absolute Gasteiger partial charge is 0.343 e. The van der Waals surface area contributed by atoms with Crippen molar-refractivity contribution in [3.63, 3.8) is 0 Å². The molecule has 0 radical (unpaired) electrons. The van der Waals surface area contributed by atoms with Crippen LogP contribution in [0.25, 0.3) is 0 Å². The first-order chi connectivity index (χ1) is 4.41. The van der Waals surface area contributed by atoms with Crippen molar-refractivity contribution < 1.29 is 4.52 Å². The van der Waals surface area contributed by atoms with Crippen LogP contribution in [0.15, 0.2) is 17.2 Å². The highest BCUT2D eigenvalue weighted by atomic mass is 16.5. The van der Waals surface area contributed by atoms with Crippen LogP contribution in [0, 0.1) is 11.8 Å². The van der Waals surface area contributed by atoms with Gasteiger partial charge >= 0.3 is 0 Å². The Labute approximate surface area is 54.1 Å². The molecule has 0 amide bonds. The first kappa shape index (κ1) is 7.70. The van der Waals surface area contributed by atoms with Gasteiger partial charge in [0.15, 0.2) is 6.33 Å².